The molecule has 0 aliphatic heterocycles. The topological polar surface area (TPSA) is 26.0 Å². The Balaban J connectivity index is 0.00000121. The first kappa shape index (κ1) is 12.1. The molecule has 0 aromatic carbocycles. The molecule has 1 atom stereocenters. The summed E-state index contributed by atoms with van der Waals surface area (Å²) in [4.78, 5) is 0. The highest BCUT2D eigenvalue weighted by Crippen LogP contribution is 2.51. The molecule has 0 amide bonds. The Morgan fingerprint density at radius 1 is 1.50 bits per heavy atom. The Hall–Kier alpha value is 0.110. The molecule has 1 fully saturated rings. The lowest BCUT2D eigenvalue weighted by Crippen LogP contribution is -2.31. The van der Waals surface area contributed by atoms with E-state index in [1.54, 1.807) is 0 Å². The van der Waals surface area contributed by atoms with Crippen molar-refractivity contribution in [1.29, 1.82) is 0 Å². The van der Waals surface area contributed by atoms with Gasteiger partial charge in [-0.3, -0.25) is 0 Å². The Bertz CT molecular complexity index is 154. The van der Waals surface area contributed by atoms with E-state index in [-0.39, 0.29) is 30.3 Å². The molecule has 0 saturated heterocycles. The molecular weight excluding hydrogens is 184 g/mol. The molecule has 0 aromatic rings. The van der Waals surface area contributed by atoms with Crippen LogP contribution in [0, 0.1) is 5.92 Å². The molecule has 1 aliphatic rings. The third kappa shape index (κ3) is 3.68. The van der Waals surface area contributed by atoms with Gasteiger partial charge >= 0.3 is 0 Å². The van der Waals surface area contributed by atoms with Crippen molar-refractivity contribution in [3.8, 4) is 0 Å². The smallest absolute Gasteiger partial charge is 0.251 e. The average Bonchev–Trinajstić information content (AvgIpc) is 2.33. The lowest BCUT2D eigenvalue weighted by molar-refractivity contribution is 0.0954. The van der Waals surface area contributed by atoms with E-state index >= 15 is 0 Å². The second-order valence-electron chi connectivity index (χ2n) is 4.19. The largest absolute Gasteiger partial charge is 0.326 e. The minimum absolute atomic E-state index is 0. The van der Waals surface area contributed by atoms with E-state index in [4.69, 9.17) is 5.73 Å². The molecule has 0 bridgehead atoms. The third-order valence-electron chi connectivity index (χ3n) is 2.09. The second-order valence-corrected chi connectivity index (χ2v) is 4.19. The van der Waals surface area contributed by atoms with Gasteiger partial charge in [0, 0.05) is 17.9 Å². The molecule has 1 rings (SSSR count). The molecule has 1 nitrogen and oxygen atoms in total. The summed E-state index contributed by atoms with van der Waals surface area (Å²) in [5.41, 5.74) is 5.36. The van der Waals surface area contributed by atoms with Crippen molar-refractivity contribution >= 4 is 12.4 Å². The fraction of sp³-hybridized carbons (Fsp3) is 1.00. The van der Waals surface area contributed by atoms with Gasteiger partial charge in [-0.1, -0.05) is 0 Å². The summed E-state index contributed by atoms with van der Waals surface area (Å²) in [5, 5.41) is 0. The minimum Gasteiger partial charge on any atom is -0.326 e. The van der Waals surface area contributed by atoms with E-state index in [1.165, 1.54) is 0 Å². The van der Waals surface area contributed by atoms with Crippen LogP contribution in [0.15, 0.2) is 0 Å². The number of nitrogens with two attached hydrogens (primary N) is 1. The van der Waals surface area contributed by atoms with Gasteiger partial charge in [0.1, 0.15) is 0 Å². The van der Waals surface area contributed by atoms with Crippen LogP contribution in [-0.2, 0) is 0 Å². The number of rotatable bonds is 3. The molecule has 1 aliphatic carbocycles. The molecule has 1 saturated carbocycles. The van der Waals surface area contributed by atoms with Gasteiger partial charge in [-0.2, -0.15) is 0 Å². The average molecular weight is 200 g/mol. The van der Waals surface area contributed by atoms with E-state index in [2.05, 4.69) is 0 Å². The standard InChI is InChI=1S/C8H15F2N.ClH/c1-7(2,11)4-3-6-5-8(6,9)10;/h6H,3-5,11H2,1-2H3;1H. The van der Waals surface area contributed by atoms with Crippen LogP contribution in [0.25, 0.3) is 0 Å². The van der Waals surface area contributed by atoms with E-state index in [1.807, 2.05) is 13.8 Å². The highest BCUT2D eigenvalue weighted by atomic mass is 35.5. The van der Waals surface area contributed by atoms with E-state index in [0.717, 1.165) is 0 Å². The maximum Gasteiger partial charge on any atom is 0.251 e. The third-order valence-corrected chi connectivity index (χ3v) is 2.09. The van der Waals surface area contributed by atoms with E-state index < -0.39 is 5.92 Å². The van der Waals surface area contributed by atoms with Crippen LogP contribution in [0.5, 0.6) is 0 Å². The number of hydrogen-bond donors (Lipinski definition) is 1. The molecule has 74 valence electrons. The summed E-state index contributed by atoms with van der Waals surface area (Å²) in [6, 6.07) is 0. The molecular formula is C8H16ClF2N. The van der Waals surface area contributed by atoms with Crippen molar-refractivity contribution in [1.82, 2.24) is 0 Å². The fourth-order valence-corrected chi connectivity index (χ4v) is 1.13. The fourth-order valence-electron chi connectivity index (χ4n) is 1.13. The van der Waals surface area contributed by atoms with Gasteiger partial charge in [-0.25, -0.2) is 8.78 Å². The van der Waals surface area contributed by atoms with Crippen molar-refractivity contribution in [2.24, 2.45) is 11.7 Å². The van der Waals surface area contributed by atoms with Crippen LogP contribution in [0.3, 0.4) is 0 Å². The van der Waals surface area contributed by atoms with Crippen molar-refractivity contribution in [2.45, 2.75) is 44.6 Å². The number of halogens is 3. The molecule has 12 heavy (non-hydrogen) atoms. The predicted molar refractivity (Wildman–Crippen MR) is 47.8 cm³/mol. The Labute approximate surface area is 78.1 Å². The summed E-state index contributed by atoms with van der Waals surface area (Å²) in [6.07, 6.45) is 1.33. The first-order valence-corrected chi connectivity index (χ1v) is 3.98. The first-order chi connectivity index (χ1) is 4.81. The van der Waals surface area contributed by atoms with Crippen LogP contribution in [0.2, 0.25) is 0 Å². The quantitative estimate of drug-likeness (QED) is 0.743. The van der Waals surface area contributed by atoms with Crippen LogP contribution < -0.4 is 5.73 Å². The summed E-state index contributed by atoms with van der Waals surface area (Å²) in [7, 11) is 0. The van der Waals surface area contributed by atoms with Gasteiger partial charge in [-0.05, 0) is 26.7 Å². The predicted octanol–water partition coefficient (Wildman–Crippen LogP) is 2.58. The highest BCUT2D eigenvalue weighted by molar-refractivity contribution is 5.85. The zero-order valence-electron chi connectivity index (χ0n) is 7.44. The van der Waals surface area contributed by atoms with Gasteiger partial charge in [-0.15, -0.1) is 12.4 Å². The van der Waals surface area contributed by atoms with Crippen LogP contribution in [-0.4, -0.2) is 11.5 Å². The van der Waals surface area contributed by atoms with E-state index in [0.29, 0.717) is 12.8 Å². The first-order valence-electron chi connectivity index (χ1n) is 3.98. The molecule has 0 radical (unpaired) electrons. The van der Waals surface area contributed by atoms with Crippen molar-refractivity contribution in [2.75, 3.05) is 0 Å². The van der Waals surface area contributed by atoms with Gasteiger partial charge in [0.15, 0.2) is 0 Å². The number of alkyl halides is 2. The monoisotopic (exact) mass is 199 g/mol. The Morgan fingerprint density at radius 2 is 1.92 bits per heavy atom. The minimum atomic E-state index is -2.37. The maximum atomic E-state index is 12.3. The summed E-state index contributed by atoms with van der Waals surface area (Å²) in [5.74, 6) is -2.75. The zero-order valence-corrected chi connectivity index (χ0v) is 8.26. The molecule has 2 N–H and O–H groups in total. The van der Waals surface area contributed by atoms with E-state index in [9.17, 15) is 8.78 Å². The van der Waals surface area contributed by atoms with Crippen LogP contribution in [0.4, 0.5) is 8.78 Å². The summed E-state index contributed by atoms with van der Waals surface area (Å²) >= 11 is 0. The molecule has 0 spiro atoms. The van der Waals surface area contributed by atoms with Crippen molar-refractivity contribution < 1.29 is 8.78 Å². The van der Waals surface area contributed by atoms with Gasteiger partial charge in [0.25, 0.3) is 5.92 Å². The lowest BCUT2D eigenvalue weighted by Gasteiger charge is -2.17. The van der Waals surface area contributed by atoms with Crippen molar-refractivity contribution in [3.63, 3.8) is 0 Å². The molecule has 4 heteroatoms. The summed E-state index contributed by atoms with van der Waals surface area (Å²) < 4.78 is 24.7. The number of hydrogen-bond acceptors (Lipinski definition) is 1. The molecule has 0 heterocycles. The highest BCUT2D eigenvalue weighted by Gasteiger charge is 2.56. The van der Waals surface area contributed by atoms with Crippen LogP contribution in [0.1, 0.15) is 33.1 Å². The van der Waals surface area contributed by atoms with Gasteiger partial charge in [0.05, 0.1) is 0 Å². The Kier molecular flexibility index (Phi) is 3.49. The normalized spacial score (nSPS) is 26.2. The second kappa shape index (κ2) is 3.46. The lowest BCUT2D eigenvalue weighted by atomic mass is 9.98. The Morgan fingerprint density at radius 3 is 2.17 bits per heavy atom. The van der Waals surface area contributed by atoms with Gasteiger partial charge in [0.2, 0.25) is 0 Å². The summed E-state index contributed by atoms with van der Waals surface area (Å²) in [6.45, 7) is 3.74. The zero-order chi connectivity index (χ0) is 8.70. The molecule has 1 unspecified atom stereocenters. The maximum absolute atomic E-state index is 12.3. The molecule has 0 aromatic heterocycles. The van der Waals surface area contributed by atoms with Crippen LogP contribution >= 0.6 is 12.4 Å². The van der Waals surface area contributed by atoms with Crippen molar-refractivity contribution in [3.05, 3.63) is 0 Å². The SMILES string of the molecule is CC(C)(N)CCC1CC1(F)F.Cl. The van der Waals surface area contributed by atoms with Gasteiger partial charge < -0.3 is 5.73 Å².